The summed E-state index contributed by atoms with van der Waals surface area (Å²) in [4.78, 5) is 24.7. The number of cyclic esters (lactones) is 1. The highest BCUT2D eigenvalue weighted by Crippen LogP contribution is 2.23. The Balaban J connectivity index is 2.68. The number of nitrogens with zero attached hydrogens (tertiary/aromatic N) is 1. The summed E-state index contributed by atoms with van der Waals surface area (Å²) in [6.45, 7) is 6.37. The third-order valence-corrected chi connectivity index (χ3v) is 3.84. The molecular weight excluding hydrogens is 286 g/mol. The summed E-state index contributed by atoms with van der Waals surface area (Å²) in [5.41, 5.74) is 0. The predicted octanol–water partition coefficient (Wildman–Crippen LogP) is 2.94. The average molecular weight is 306 g/mol. The molecular formula is C12H20BrNO3. The zero-order valence-electron chi connectivity index (χ0n) is 10.6. The molecule has 17 heavy (non-hydrogen) atoms. The minimum Gasteiger partial charge on any atom is -0.447 e. The van der Waals surface area contributed by atoms with Crippen LogP contribution in [0.3, 0.4) is 0 Å². The number of rotatable bonds is 5. The zero-order valence-corrected chi connectivity index (χ0v) is 12.2. The number of carbonyl (C=O) groups is 2. The van der Waals surface area contributed by atoms with Gasteiger partial charge in [0.05, 0.1) is 10.9 Å². The molecule has 0 spiro atoms. The van der Waals surface area contributed by atoms with E-state index < -0.39 is 6.09 Å². The van der Waals surface area contributed by atoms with Crippen molar-refractivity contribution in [1.29, 1.82) is 0 Å². The van der Waals surface area contributed by atoms with E-state index >= 15 is 0 Å². The van der Waals surface area contributed by atoms with Crippen LogP contribution in [0.2, 0.25) is 0 Å². The van der Waals surface area contributed by atoms with Crippen molar-refractivity contribution >= 4 is 27.9 Å². The number of hydrogen-bond donors (Lipinski definition) is 0. The molecule has 98 valence electrons. The summed E-state index contributed by atoms with van der Waals surface area (Å²) in [7, 11) is 0. The number of ether oxygens (including phenoxy) is 1. The Morgan fingerprint density at radius 2 is 2.24 bits per heavy atom. The van der Waals surface area contributed by atoms with E-state index in [1.807, 2.05) is 13.8 Å². The van der Waals surface area contributed by atoms with Crippen molar-refractivity contribution < 1.29 is 14.3 Å². The van der Waals surface area contributed by atoms with Crippen molar-refractivity contribution in [2.75, 3.05) is 6.61 Å². The average Bonchev–Trinajstić information content (AvgIpc) is 2.67. The van der Waals surface area contributed by atoms with Gasteiger partial charge >= 0.3 is 6.09 Å². The molecule has 0 aromatic heterocycles. The molecule has 0 aromatic rings. The maximum absolute atomic E-state index is 12.2. The molecule has 2 atom stereocenters. The van der Waals surface area contributed by atoms with Crippen LogP contribution in [-0.2, 0) is 9.53 Å². The predicted molar refractivity (Wildman–Crippen MR) is 69.1 cm³/mol. The number of unbranched alkanes of at least 4 members (excludes halogenated alkanes) is 1. The van der Waals surface area contributed by atoms with E-state index in [-0.39, 0.29) is 22.7 Å². The summed E-state index contributed by atoms with van der Waals surface area (Å²) < 4.78 is 4.96. The monoisotopic (exact) mass is 305 g/mol. The number of amides is 2. The van der Waals surface area contributed by atoms with Gasteiger partial charge in [0.2, 0.25) is 5.91 Å². The van der Waals surface area contributed by atoms with Gasteiger partial charge in [0.25, 0.3) is 0 Å². The maximum atomic E-state index is 12.2. The van der Waals surface area contributed by atoms with E-state index in [0.29, 0.717) is 6.61 Å². The van der Waals surface area contributed by atoms with Gasteiger partial charge in [-0.15, -0.1) is 0 Å². The first-order valence-electron chi connectivity index (χ1n) is 6.12. The molecule has 0 bridgehead atoms. The molecule has 0 N–H and O–H groups in total. The van der Waals surface area contributed by atoms with Gasteiger partial charge in [0.1, 0.15) is 6.61 Å². The second kappa shape index (κ2) is 6.38. The zero-order chi connectivity index (χ0) is 13.0. The van der Waals surface area contributed by atoms with Crippen LogP contribution in [-0.4, -0.2) is 34.4 Å². The first-order valence-corrected chi connectivity index (χ1v) is 7.04. The van der Waals surface area contributed by atoms with Crippen LogP contribution in [0.4, 0.5) is 4.79 Å². The van der Waals surface area contributed by atoms with Gasteiger partial charge in [-0.1, -0.05) is 49.5 Å². The third-order valence-electron chi connectivity index (χ3n) is 2.99. The van der Waals surface area contributed by atoms with Gasteiger partial charge in [0, 0.05) is 0 Å². The highest BCUT2D eigenvalue weighted by Gasteiger charge is 2.41. The molecule has 0 radical (unpaired) electrons. The first kappa shape index (κ1) is 14.5. The Hall–Kier alpha value is -0.580. The van der Waals surface area contributed by atoms with E-state index in [1.54, 1.807) is 0 Å². The Bertz CT molecular complexity index is 293. The van der Waals surface area contributed by atoms with Crippen LogP contribution in [0.1, 0.15) is 40.0 Å². The largest absolute Gasteiger partial charge is 0.447 e. The highest BCUT2D eigenvalue weighted by molar-refractivity contribution is 9.10. The van der Waals surface area contributed by atoms with Crippen LogP contribution in [0.5, 0.6) is 0 Å². The number of carbonyl (C=O) groups excluding carboxylic acids is 2. The standard InChI is InChI=1S/C12H20BrNO3/c1-4-5-6-9(13)11(15)14-10(8(2)3)7-17-12(14)16/h8-10H,4-7H2,1-3H3/t9?,10-/m1/s1. The maximum Gasteiger partial charge on any atom is 0.417 e. The molecule has 1 saturated heterocycles. The fourth-order valence-corrected chi connectivity index (χ4v) is 2.38. The van der Waals surface area contributed by atoms with Crippen molar-refractivity contribution in [1.82, 2.24) is 4.90 Å². The lowest BCUT2D eigenvalue weighted by Gasteiger charge is -2.24. The van der Waals surface area contributed by atoms with Gasteiger partial charge in [0.15, 0.2) is 0 Å². The normalized spacial score (nSPS) is 21.8. The molecule has 1 unspecified atom stereocenters. The van der Waals surface area contributed by atoms with Crippen molar-refractivity contribution in [2.45, 2.75) is 50.9 Å². The van der Waals surface area contributed by atoms with Gasteiger partial charge in [-0.05, 0) is 12.3 Å². The van der Waals surface area contributed by atoms with Crippen LogP contribution < -0.4 is 0 Å². The Morgan fingerprint density at radius 1 is 1.59 bits per heavy atom. The molecule has 1 fully saturated rings. The molecule has 4 nitrogen and oxygen atoms in total. The Kier molecular flexibility index (Phi) is 5.43. The van der Waals surface area contributed by atoms with Gasteiger partial charge in [-0.3, -0.25) is 4.79 Å². The molecule has 2 amide bonds. The van der Waals surface area contributed by atoms with Crippen LogP contribution >= 0.6 is 15.9 Å². The summed E-state index contributed by atoms with van der Waals surface area (Å²) in [6.07, 6.45) is 2.25. The fourth-order valence-electron chi connectivity index (χ4n) is 1.84. The number of imide groups is 1. The van der Waals surface area contributed by atoms with Gasteiger partial charge in [-0.25, -0.2) is 9.69 Å². The van der Waals surface area contributed by atoms with E-state index in [9.17, 15) is 9.59 Å². The molecule has 5 heteroatoms. The van der Waals surface area contributed by atoms with E-state index in [0.717, 1.165) is 19.3 Å². The van der Waals surface area contributed by atoms with Crippen molar-refractivity contribution in [3.8, 4) is 0 Å². The molecule has 0 aliphatic carbocycles. The molecule has 0 saturated carbocycles. The summed E-state index contributed by atoms with van der Waals surface area (Å²) in [5, 5.41) is 0. The number of hydrogen-bond acceptors (Lipinski definition) is 3. The second-order valence-corrected chi connectivity index (χ2v) is 5.81. The highest BCUT2D eigenvalue weighted by atomic mass is 79.9. The van der Waals surface area contributed by atoms with Gasteiger partial charge in [-0.2, -0.15) is 0 Å². The Morgan fingerprint density at radius 3 is 2.76 bits per heavy atom. The number of alkyl halides is 1. The van der Waals surface area contributed by atoms with Crippen molar-refractivity contribution in [3.05, 3.63) is 0 Å². The summed E-state index contributed by atoms with van der Waals surface area (Å²) in [5.74, 6) is 0.0518. The second-order valence-electron chi connectivity index (χ2n) is 4.71. The first-order chi connectivity index (χ1) is 7.99. The van der Waals surface area contributed by atoms with Crippen molar-refractivity contribution in [2.24, 2.45) is 5.92 Å². The van der Waals surface area contributed by atoms with E-state index in [4.69, 9.17) is 4.74 Å². The topological polar surface area (TPSA) is 46.6 Å². The fraction of sp³-hybridized carbons (Fsp3) is 0.833. The lowest BCUT2D eigenvalue weighted by atomic mass is 10.0. The third kappa shape index (κ3) is 3.44. The van der Waals surface area contributed by atoms with Gasteiger partial charge < -0.3 is 4.74 Å². The minimum absolute atomic E-state index is 0.128. The molecule has 0 aromatic carbocycles. The van der Waals surface area contributed by atoms with E-state index in [2.05, 4.69) is 22.9 Å². The van der Waals surface area contributed by atoms with Crippen molar-refractivity contribution in [3.63, 3.8) is 0 Å². The molecule has 1 rings (SSSR count). The quantitative estimate of drug-likeness (QED) is 0.734. The molecule has 1 aliphatic heterocycles. The van der Waals surface area contributed by atoms with E-state index in [1.165, 1.54) is 4.90 Å². The van der Waals surface area contributed by atoms with Crippen LogP contribution in [0, 0.1) is 5.92 Å². The lowest BCUT2D eigenvalue weighted by Crippen LogP contribution is -2.45. The smallest absolute Gasteiger partial charge is 0.417 e. The molecule has 1 aliphatic rings. The lowest BCUT2D eigenvalue weighted by molar-refractivity contribution is -0.129. The summed E-state index contributed by atoms with van der Waals surface area (Å²) in [6, 6.07) is -0.128. The summed E-state index contributed by atoms with van der Waals surface area (Å²) >= 11 is 3.36. The van der Waals surface area contributed by atoms with Crippen LogP contribution in [0.25, 0.3) is 0 Å². The van der Waals surface area contributed by atoms with Crippen LogP contribution in [0.15, 0.2) is 0 Å². The SMILES string of the molecule is CCCCC(Br)C(=O)N1C(=O)OC[C@@H]1C(C)C. The number of halogens is 1. The Labute approximate surface area is 111 Å². The molecule has 1 heterocycles. The minimum atomic E-state index is -0.505.